The van der Waals surface area contributed by atoms with E-state index in [-0.39, 0.29) is 18.3 Å². The van der Waals surface area contributed by atoms with Crippen LogP contribution in [0.1, 0.15) is 5.56 Å². The number of carbonyl (C=O) groups is 1. The number of carbonyl (C=O) groups excluding carboxylic acids is 1. The lowest BCUT2D eigenvalue weighted by Crippen LogP contribution is -2.38. The highest BCUT2D eigenvalue weighted by atomic mass is 35.5. The number of nitrogens with zero attached hydrogens (tertiary/aromatic N) is 1. The van der Waals surface area contributed by atoms with E-state index in [1.807, 2.05) is 53.4 Å². The molecule has 2 rings (SSSR count). The van der Waals surface area contributed by atoms with Crippen LogP contribution in [0.4, 0.5) is 0 Å². The minimum absolute atomic E-state index is 0. The van der Waals surface area contributed by atoms with Crippen molar-refractivity contribution in [2.75, 3.05) is 25.4 Å². The van der Waals surface area contributed by atoms with Crippen molar-refractivity contribution in [3.63, 3.8) is 0 Å². The molecular formula is C18H23ClN2OS. The molecule has 2 aromatic carbocycles. The molecule has 0 unspecified atom stereocenters. The molecule has 0 aromatic heterocycles. The van der Waals surface area contributed by atoms with Gasteiger partial charge in [0.05, 0.1) is 5.75 Å². The molecule has 0 heterocycles. The van der Waals surface area contributed by atoms with E-state index >= 15 is 0 Å². The quantitative estimate of drug-likeness (QED) is 0.743. The summed E-state index contributed by atoms with van der Waals surface area (Å²) >= 11 is 1.57. The average Bonchev–Trinajstić information content (AvgIpc) is 2.58. The van der Waals surface area contributed by atoms with Crippen molar-refractivity contribution < 1.29 is 4.79 Å². The summed E-state index contributed by atoms with van der Waals surface area (Å²) in [4.78, 5) is 15.4. The summed E-state index contributed by atoms with van der Waals surface area (Å²) in [6, 6.07) is 20.2. The molecule has 3 nitrogen and oxygen atoms in total. The second-order valence-corrected chi connectivity index (χ2v) is 6.06. The first-order valence-electron chi connectivity index (χ1n) is 7.49. The van der Waals surface area contributed by atoms with Crippen LogP contribution in [0.3, 0.4) is 0 Å². The largest absolute Gasteiger partial charge is 0.340 e. The molecule has 0 aliphatic heterocycles. The maximum absolute atomic E-state index is 12.4. The van der Waals surface area contributed by atoms with Crippen LogP contribution < -0.4 is 5.73 Å². The molecule has 124 valence electrons. The lowest BCUT2D eigenvalue weighted by molar-refractivity contribution is -0.128. The van der Waals surface area contributed by atoms with Gasteiger partial charge in [0.1, 0.15) is 0 Å². The van der Waals surface area contributed by atoms with Gasteiger partial charge in [-0.15, -0.1) is 24.2 Å². The number of rotatable bonds is 8. The predicted octanol–water partition coefficient (Wildman–Crippen LogP) is 3.23. The van der Waals surface area contributed by atoms with Gasteiger partial charge in [0, 0.05) is 24.5 Å². The van der Waals surface area contributed by atoms with Gasteiger partial charge in [0.2, 0.25) is 5.91 Å². The first kappa shape index (κ1) is 19.6. The van der Waals surface area contributed by atoms with Gasteiger partial charge in [0.15, 0.2) is 0 Å². The van der Waals surface area contributed by atoms with Gasteiger partial charge in [-0.25, -0.2) is 0 Å². The van der Waals surface area contributed by atoms with E-state index < -0.39 is 0 Å². The first-order chi connectivity index (χ1) is 10.8. The molecule has 0 aliphatic carbocycles. The number of thioether (sulfide) groups is 1. The van der Waals surface area contributed by atoms with E-state index in [9.17, 15) is 4.79 Å². The highest BCUT2D eigenvalue weighted by Crippen LogP contribution is 2.17. The zero-order chi connectivity index (χ0) is 15.6. The summed E-state index contributed by atoms with van der Waals surface area (Å²) < 4.78 is 0. The molecule has 0 saturated carbocycles. The Bertz CT molecular complexity index is 566. The average molecular weight is 351 g/mol. The number of halogens is 1. The minimum atomic E-state index is 0. The molecule has 0 radical (unpaired) electrons. The molecule has 0 atom stereocenters. The Balaban J connectivity index is 0.00000264. The van der Waals surface area contributed by atoms with Gasteiger partial charge in [-0.3, -0.25) is 4.79 Å². The summed E-state index contributed by atoms with van der Waals surface area (Å²) in [6.07, 6.45) is 0.864. The Morgan fingerprint density at radius 3 is 2.17 bits per heavy atom. The van der Waals surface area contributed by atoms with Gasteiger partial charge in [-0.05, 0) is 24.1 Å². The summed E-state index contributed by atoms with van der Waals surface area (Å²) in [5.41, 5.74) is 6.89. The molecule has 23 heavy (non-hydrogen) atoms. The van der Waals surface area contributed by atoms with Crippen molar-refractivity contribution in [1.82, 2.24) is 4.90 Å². The monoisotopic (exact) mass is 350 g/mol. The first-order valence-corrected chi connectivity index (χ1v) is 8.48. The lowest BCUT2D eigenvalue weighted by Gasteiger charge is -2.22. The highest BCUT2D eigenvalue weighted by Gasteiger charge is 2.13. The Labute approximate surface area is 148 Å². The fraction of sp³-hybridized carbons (Fsp3) is 0.278. The number of nitrogens with two attached hydrogens (primary N) is 1. The van der Waals surface area contributed by atoms with Crippen molar-refractivity contribution in [2.24, 2.45) is 5.73 Å². The van der Waals surface area contributed by atoms with Gasteiger partial charge in [0.25, 0.3) is 0 Å². The third kappa shape index (κ3) is 7.08. The fourth-order valence-corrected chi connectivity index (χ4v) is 3.00. The third-order valence-electron chi connectivity index (χ3n) is 3.37. The number of hydrogen-bond acceptors (Lipinski definition) is 3. The van der Waals surface area contributed by atoms with E-state index in [4.69, 9.17) is 5.73 Å². The van der Waals surface area contributed by atoms with E-state index in [1.165, 1.54) is 5.56 Å². The molecule has 5 heteroatoms. The van der Waals surface area contributed by atoms with E-state index in [2.05, 4.69) is 12.1 Å². The smallest absolute Gasteiger partial charge is 0.232 e. The van der Waals surface area contributed by atoms with Crippen LogP contribution in [0.25, 0.3) is 0 Å². The normalized spacial score (nSPS) is 9.96. The number of amides is 1. The summed E-state index contributed by atoms with van der Waals surface area (Å²) in [5, 5.41) is 0. The summed E-state index contributed by atoms with van der Waals surface area (Å²) in [7, 11) is 0. The fourth-order valence-electron chi connectivity index (χ4n) is 2.18. The van der Waals surface area contributed by atoms with Crippen molar-refractivity contribution in [1.29, 1.82) is 0 Å². The molecule has 0 saturated heterocycles. The predicted molar refractivity (Wildman–Crippen MR) is 100 cm³/mol. The van der Waals surface area contributed by atoms with Gasteiger partial charge in [-0.2, -0.15) is 0 Å². The molecule has 2 aromatic rings. The van der Waals surface area contributed by atoms with Crippen molar-refractivity contribution in [3.8, 4) is 0 Å². The SMILES string of the molecule is Cl.NCCN(CCc1ccccc1)C(=O)CSc1ccccc1. The van der Waals surface area contributed by atoms with Crippen LogP contribution in [0.2, 0.25) is 0 Å². The van der Waals surface area contributed by atoms with Crippen LogP contribution in [0, 0.1) is 0 Å². The van der Waals surface area contributed by atoms with Crippen LogP contribution in [-0.4, -0.2) is 36.2 Å². The van der Waals surface area contributed by atoms with Gasteiger partial charge < -0.3 is 10.6 Å². The highest BCUT2D eigenvalue weighted by molar-refractivity contribution is 8.00. The van der Waals surface area contributed by atoms with Crippen molar-refractivity contribution in [2.45, 2.75) is 11.3 Å². The third-order valence-corrected chi connectivity index (χ3v) is 4.37. The molecular weight excluding hydrogens is 328 g/mol. The zero-order valence-corrected chi connectivity index (χ0v) is 14.7. The van der Waals surface area contributed by atoms with Crippen LogP contribution in [0.15, 0.2) is 65.6 Å². The van der Waals surface area contributed by atoms with E-state index in [0.29, 0.717) is 18.8 Å². The van der Waals surface area contributed by atoms with E-state index in [0.717, 1.165) is 17.9 Å². The second kappa shape index (κ2) is 11.1. The van der Waals surface area contributed by atoms with Crippen molar-refractivity contribution in [3.05, 3.63) is 66.2 Å². The lowest BCUT2D eigenvalue weighted by atomic mass is 10.1. The zero-order valence-electron chi connectivity index (χ0n) is 13.1. The molecule has 0 aliphatic rings. The van der Waals surface area contributed by atoms with Crippen LogP contribution >= 0.6 is 24.2 Å². The molecule has 0 spiro atoms. The Morgan fingerprint density at radius 2 is 1.57 bits per heavy atom. The summed E-state index contributed by atoms with van der Waals surface area (Å²) in [5.74, 6) is 0.606. The van der Waals surface area contributed by atoms with Crippen molar-refractivity contribution >= 4 is 30.1 Å². The van der Waals surface area contributed by atoms with Gasteiger partial charge >= 0.3 is 0 Å². The standard InChI is InChI=1S/C18H22N2OS.ClH/c19-12-14-20(13-11-16-7-3-1-4-8-16)18(21)15-22-17-9-5-2-6-10-17;/h1-10H,11-15,19H2;1H. The number of hydrogen-bond donors (Lipinski definition) is 1. The minimum Gasteiger partial charge on any atom is -0.340 e. The molecule has 1 amide bonds. The molecule has 0 bridgehead atoms. The van der Waals surface area contributed by atoms with Gasteiger partial charge in [-0.1, -0.05) is 48.5 Å². The maximum Gasteiger partial charge on any atom is 0.232 e. The molecule has 0 fully saturated rings. The van der Waals surface area contributed by atoms with Crippen LogP contribution in [-0.2, 0) is 11.2 Å². The Kier molecular flexibility index (Phi) is 9.45. The maximum atomic E-state index is 12.4. The Morgan fingerprint density at radius 1 is 0.957 bits per heavy atom. The van der Waals surface area contributed by atoms with Crippen LogP contribution in [0.5, 0.6) is 0 Å². The second-order valence-electron chi connectivity index (χ2n) is 5.01. The Hall–Kier alpha value is -1.49. The summed E-state index contributed by atoms with van der Waals surface area (Å²) in [6.45, 7) is 1.83. The molecule has 2 N–H and O–H groups in total. The van der Waals surface area contributed by atoms with E-state index in [1.54, 1.807) is 11.8 Å². The number of benzene rings is 2. The topological polar surface area (TPSA) is 46.3 Å².